The molecule has 7 heteroatoms. The number of ether oxygens (including phenoxy) is 2. The maximum Gasteiger partial charge on any atom is 0.341 e. The van der Waals surface area contributed by atoms with Crippen LogP contribution in [-0.4, -0.2) is 43.0 Å². The van der Waals surface area contributed by atoms with Crippen LogP contribution < -0.4 is 15.4 Å². The Balaban J connectivity index is 1.79. The summed E-state index contributed by atoms with van der Waals surface area (Å²) in [7, 11) is 0. The van der Waals surface area contributed by atoms with Gasteiger partial charge in [-0.25, -0.2) is 9.59 Å². The molecular weight excluding hydrogens is 276 g/mol. The lowest BCUT2D eigenvalue weighted by molar-refractivity contribution is -0.139. The zero-order valence-corrected chi connectivity index (χ0v) is 11.5. The highest BCUT2D eigenvalue weighted by Gasteiger charge is 2.16. The first-order valence-corrected chi connectivity index (χ1v) is 6.74. The first kappa shape index (κ1) is 15.1. The minimum absolute atomic E-state index is 0.0842. The summed E-state index contributed by atoms with van der Waals surface area (Å²) >= 11 is 0. The fourth-order valence-corrected chi connectivity index (χ4v) is 2.00. The minimum atomic E-state index is -1.05. The molecule has 1 aromatic rings. The average Bonchev–Trinajstić information content (AvgIpc) is 2.97. The fraction of sp³-hybridized carbons (Fsp3) is 0.429. The van der Waals surface area contributed by atoms with E-state index in [1.54, 1.807) is 24.3 Å². The first-order valence-electron chi connectivity index (χ1n) is 6.74. The number of rotatable bonds is 6. The van der Waals surface area contributed by atoms with Gasteiger partial charge in [0.1, 0.15) is 5.75 Å². The normalized spacial score (nSPS) is 17.2. The van der Waals surface area contributed by atoms with Gasteiger partial charge in [-0.1, -0.05) is 6.07 Å². The lowest BCUT2D eigenvalue weighted by Crippen LogP contribution is -2.35. The van der Waals surface area contributed by atoms with E-state index in [0.29, 0.717) is 18.0 Å². The van der Waals surface area contributed by atoms with E-state index >= 15 is 0 Å². The number of hydrogen-bond donors (Lipinski definition) is 3. The molecule has 0 spiro atoms. The molecule has 1 heterocycles. The number of anilines is 1. The van der Waals surface area contributed by atoms with Crippen LogP contribution in [-0.2, 0) is 9.53 Å². The van der Waals surface area contributed by atoms with E-state index in [1.165, 1.54) is 0 Å². The van der Waals surface area contributed by atoms with Gasteiger partial charge in [0.25, 0.3) is 0 Å². The molecule has 2 rings (SSSR count). The Bertz CT molecular complexity index is 500. The van der Waals surface area contributed by atoms with Gasteiger partial charge in [-0.2, -0.15) is 0 Å². The number of carboxylic acid groups (broad SMARTS) is 1. The lowest BCUT2D eigenvalue weighted by atomic mass is 10.2. The van der Waals surface area contributed by atoms with Gasteiger partial charge in [-0.15, -0.1) is 0 Å². The zero-order valence-electron chi connectivity index (χ0n) is 11.5. The average molecular weight is 294 g/mol. The molecule has 2 amide bonds. The van der Waals surface area contributed by atoms with Crippen molar-refractivity contribution in [1.29, 1.82) is 0 Å². The van der Waals surface area contributed by atoms with Crippen molar-refractivity contribution >= 4 is 17.7 Å². The Hall–Kier alpha value is -2.28. The van der Waals surface area contributed by atoms with Gasteiger partial charge < -0.3 is 25.2 Å². The van der Waals surface area contributed by atoms with E-state index in [9.17, 15) is 9.59 Å². The summed E-state index contributed by atoms with van der Waals surface area (Å²) < 4.78 is 10.4. The standard InChI is InChI=1S/C14H18N2O5/c17-13(18)9-21-11-4-1-3-10(7-11)16-14(19)15-8-12-5-2-6-20-12/h1,3-4,7,12H,2,5-6,8-9H2,(H,17,18)(H2,15,16,19). The highest BCUT2D eigenvalue weighted by molar-refractivity contribution is 5.89. The molecule has 7 nitrogen and oxygen atoms in total. The van der Waals surface area contributed by atoms with Gasteiger partial charge in [-0.3, -0.25) is 0 Å². The molecule has 1 unspecified atom stereocenters. The molecule has 1 aliphatic rings. The molecule has 0 radical (unpaired) electrons. The van der Waals surface area contributed by atoms with Gasteiger partial charge in [0.15, 0.2) is 6.61 Å². The summed E-state index contributed by atoms with van der Waals surface area (Å²) in [4.78, 5) is 22.2. The molecule has 1 aromatic carbocycles. The summed E-state index contributed by atoms with van der Waals surface area (Å²) in [5.41, 5.74) is 0.530. The Morgan fingerprint density at radius 1 is 1.43 bits per heavy atom. The molecule has 0 saturated carbocycles. The molecule has 0 bridgehead atoms. The van der Waals surface area contributed by atoms with Crippen LogP contribution in [0, 0.1) is 0 Å². The fourth-order valence-electron chi connectivity index (χ4n) is 2.00. The first-order chi connectivity index (χ1) is 10.1. The van der Waals surface area contributed by atoms with Crippen molar-refractivity contribution in [3.05, 3.63) is 24.3 Å². The molecule has 3 N–H and O–H groups in total. The molecule has 1 atom stereocenters. The van der Waals surface area contributed by atoms with E-state index in [0.717, 1.165) is 19.4 Å². The molecule has 1 fully saturated rings. The maximum absolute atomic E-state index is 11.7. The summed E-state index contributed by atoms with van der Waals surface area (Å²) in [6.07, 6.45) is 2.07. The van der Waals surface area contributed by atoms with E-state index in [-0.39, 0.29) is 12.1 Å². The number of aliphatic carboxylic acids is 1. The summed E-state index contributed by atoms with van der Waals surface area (Å²) in [6.45, 7) is 0.798. The molecule has 1 saturated heterocycles. The number of carbonyl (C=O) groups excluding carboxylic acids is 1. The van der Waals surface area contributed by atoms with Crippen molar-refractivity contribution in [2.24, 2.45) is 0 Å². The summed E-state index contributed by atoms with van der Waals surface area (Å²) in [5.74, 6) is -0.669. The third-order valence-corrected chi connectivity index (χ3v) is 2.97. The van der Waals surface area contributed by atoms with Crippen molar-refractivity contribution in [2.75, 3.05) is 25.1 Å². The molecule has 1 aliphatic heterocycles. The smallest absolute Gasteiger partial charge is 0.341 e. The second kappa shape index (κ2) is 7.49. The largest absolute Gasteiger partial charge is 0.482 e. The van der Waals surface area contributed by atoms with Crippen molar-refractivity contribution in [3.63, 3.8) is 0 Å². The van der Waals surface area contributed by atoms with Crippen LogP contribution >= 0.6 is 0 Å². The molecular formula is C14H18N2O5. The topological polar surface area (TPSA) is 96.9 Å². The summed E-state index contributed by atoms with van der Waals surface area (Å²) in [5, 5.41) is 13.9. The molecule has 0 aromatic heterocycles. The number of urea groups is 1. The third kappa shape index (κ3) is 5.31. The Morgan fingerprint density at radius 2 is 2.29 bits per heavy atom. The molecule has 0 aliphatic carbocycles. The van der Waals surface area contributed by atoms with E-state index in [1.807, 2.05) is 0 Å². The number of nitrogens with one attached hydrogen (secondary N) is 2. The lowest BCUT2D eigenvalue weighted by Gasteiger charge is -2.12. The van der Waals surface area contributed by atoms with Crippen LogP contribution in [0.4, 0.5) is 10.5 Å². The van der Waals surface area contributed by atoms with Crippen LogP contribution in [0.15, 0.2) is 24.3 Å². The number of carbonyl (C=O) groups is 2. The van der Waals surface area contributed by atoms with Gasteiger partial charge >= 0.3 is 12.0 Å². The predicted molar refractivity (Wildman–Crippen MR) is 75.6 cm³/mol. The van der Waals surface area contributed by atoms with E-state index in [4.69, 9.17) is 14.6 Å². The second-order valence-corrected chi connectivity index (χ2v) is 4.68. The summed E-state index contributed by atoms with van der Waals surface area (Å²) in [6, 6.07) is 6.22. The van der Waals surface area contributed by atoms with E-state index < -0.39 is 12.6 Å². The quantitative estimate of drug-likeness (QED) is 0.738. The van der Waals surface area contributed by atoms with Crippen LogP contribution in [0.3, 0.4) is 0 Å². The van der Waals surface area contributed by atoms with Crippen LogP contribution in [0.1, 0.15) is 12.8 Å². The highest BCUT2D eigenvalue weighted by Crippen LogP contribution is 2.17. The van der Waals surface area contributed by atoms with Gasteiger partial charge in [0, 0.05) is 24.9 Å². The number of hydrogen-bond acceptors (Lipinski definition) is 4. The Labute approximate surface area is 122 Å². The van der Waals surface area contributed by atoms with Crippen molar-refractivity contribution in [3.8, 4) is 5.75 Å². The van der Waals surface area contributed by atoms with Crippen molar-refractivity contribution in [1.82, 2.24) is 5.32 Å². The van der Waals surface area contributed by atoms with E-state index in [2.05, 4.69) is 10.6 Å². The molecule has 114 valence electrons. The van der Waals surface area contributed by atoms with Crippen LogP contribution in [0.2, 0.25) is 0 Å². The highest BCUT2D eigenvalue weighted by atomic mass is 16.5. The number of benzene rings is 1. The van der Waals surface area contributed by atoms with Gasteiger partial charge in [0.2, 0.25) is 0 Å². The minimum Gasteiger partial charge on any atom is -0.482 e. The Morgan fingerprint density at radius 3 is 3.00 bits per heavy atom. The number of carboxylic acids is 1. The third-order valence-electron chi connectivity index (χ3n) is 2.97. The van der Waals surface area contributed by atoms with Gasteiger partial charge in [0.05, 0.1) is 6.10 Å². The number of amides is 2. The predicted octanol–water partition coefficient (Wildman–Crippen LogP) is 1.45. The zero-order chi connectivity index (χ0) is 15.1. The Kier molecular flexibility index (Phi) is 5.39. The van der Waals surface area contributed by atoms with Crippen molar-refractivity contribution in [2.45, 2.75) is 18.9 Å². The van der Waals surface area contributed by atoms with Gasteiger partial charge in [-0.05, 0) is 25.0 Å². The SMILES string of the molecule is O=C(O)COc1cccc(NC(=O)NCC2CCCO2)c1. The monoisotopic (exact) mass is 294 g/mol. The second-order valence-electron chi connectivity index (χ2n) is 4.68. The molecule has 21 heavy (non-hydrogen) atoms. The van der Waals surface area contributed by atoms with Crippen LogP contribution in [0.25, 0.3) is 0 Å². The van der Waals surface area contributed by atoms with Crippen molar-refractivity contribution < 1.29 is 24.2 Å². The maximum atomic E-state index is 11.7. The van der Waals surface area contributed by atoms with Crippen LogP contribution in [0.5, 0.6) is 5.75 Å².